The molecule has 3 nitrogen and oxygen atoms in total. The molecule has 0 saturated heterocycles. The summed E-state index contributed by atoms with van der Waals surface area (Å²) in [6.45, 7) is 8.59. The fourth-order valence-electron chi connectivity index (χ4n) is 3.93. The summed E-state index contributed by atoms with van der Waals surface area (Å²) >= 11 is 0. The third kappa shape index (κ3) is 4.50. The Morgan fingerprint density at radius 2 is 1.66 bits per heavy atom. The predicted octanol–water partition coefficient (Wildman–Crippen LogP) is 7.15. The van der Waals surface area contributed by atoms with E-state index in [-0.39, 0.29) is 5.82 Å². The van der Waals surface area contributed by atoms with Crippen LogP contribution in [0.1, 0.15) is 34.9 Å². The van der Waals surface area contributed by atoms with E-state index >= 15 is 0 Å². The van der Waals surface area contributed by atoms with E-state index < -0.39 is 0 Å². The van der Waals surface area contributed by atoms with Gasteiger partial charge < -0.3 is 9.40 Å². The van der Waals surface area contributed by atoms with Crippen LogP contribution in [-0.4, -0.2) is 10.3 Å². The molecule has 0 unspecified atom stereocenters. The van der Waals surface area contributed by atoms with E-state index in [1.807, 2.05) is 31.2 Å². The quantitative estimate of drug-likeness (QED) is 0.237. The van der Waals surface area contributed by atoms with E-state index in [0.29, 0.717) is 6.61 Å². The van der Waals surface area contributed by atoms with Crippen molar-refractivity contribution < 1.29 is 9.23 Å². The van der Waals surface area contributed by atoms with Gasteiger partial charge in [-0.2, -0.15) is 0 Å². The number of nitrogens with zero attached hydrogens (tertiary/aromatic N) is 2. The molecule has 0 aliphatic heterocycles. The lowest BCUT2D eigenvalue weighted by atomic mass is 10.1. The van der Waals surface area contributed by atoms with Crippen LogP contribution in [0.2, 0.25) is 0 Å². The van der Waals surface area contributed by atoms with Gasteiger partial charge in [-0.25, -0.2) is 4.39 Å². The number of hydrogen-bond donors (Lipinski definition) is 0. The first-order chi connectivity index (χ1) is 15.4. The highest BCUT2D eigenvalue weighted by molar-refractivity contribution is 6.01. The molecule has 0 spiro atoms. The van der Waals surface area contributed by atoms with Gasteiger partial charge in [-0.1, -0.05) is 41.6 Å². The third-order valence-electron chi connectivity index (χ3n) is 5.72. The lowest BCUT2D eigenvalue weighted by molar-refractivity contribution is 0.130. The summed E-state index contributed by atoms with van der Waals surface area (Å²) in [4.78, 5) is 5.70. The molecule has 0 aliphatic carbocycles. The molecule has 0 amide bonds. The first-order valence-electron chi connectivity index (χ1n) is 10.7. The standard InChI is InChI=1S/C28H27FN2O/c1-19-8-7-11-26(16-19)31-22(4)27(17-28(31)23-12-14-25(29)15-13-23)21(3)30-32-18-24-10-6-5-9-20(24)2/h5-17H,18H2,1-4H3. The van der Waals surface area contributed by atoms with Gasteiger partial charge in [-0.05, 0) is 92.4 Å². The van der Waals surface area contributed by atoms with Crippen molar-refractivity contribution in [2.75, 3.05) is 0 Å². The molecular weight excluding hydrogens is 399 g/mol. The van der Waals surface area contributed by atoms with Crippen molar-refractivity contribution in [1.82, 2.24) is 4.57 Å². The van der Waals surface area contributed by atoms with Crippen LogP contribution in [0, 0.1) is 26.6 Å². The molecule has 4 rings (SSSR count). The van der Waals surface area contributed by atoms with Gasteiger partial charge in [0.25, 0.3) is 0 Å². The van der Waals surface area contributed by atoms with E-state index in [0.717, 1.165) is 39.5 Å². The number of aromatic nitrogens is 1. The minimum absolute atomic E-state index is 0.248. The van der Waals surface area contributed by atoms with Crippen LogP contribution in [0.25, 0.3) is 16.9 Å². The first kappa shape index (κ1) is 21.6. The van der Waals surface area contributed by atoms with Crippen LogP contribution in [0.4, 0.5) is 4.39 Å². The van der Waals surface area contributed by atoms with Crippen molar-refractivity contribution in [3.05, 3.63) is 113 Å². The Kier molecular flexibility index (Phi) is 6.22. The largest absolute Gasteiger partial charge is 0.391 e. The highest BCUT2D eigenvalue weighted by atomic mass is 19.1. The summed E-state index contributed by atoms with van der Waals surface area (Å²) in [5.41, 5.74) is 9.30. The van der Waals surface area contributed by atoms with Gasteiger partial charge in [0.2, 0.25) is 0 Å². The maximum absolute atomic E-state index is 13.6. The van der Waals surface area contributed by atoms with Crippen molar-refractivity contribution in [1.29, 1.82) is 0 Å². The van der Waals surface area contributed by atoms with Crippen molar-refractivity contribution in [3.8, 4) is 16.9 Å². The molecule has 162 valence electrons. The van der Waals surface area contributed by atoms with Gasteiger partial charge in [0.1, 0.15) is 12.4 Å². The molecule has 4 aromatic rings. The number of halogens is 1. The van der Waals surface area contributed by atoms with Crippen molar-refractivity contribution in [2.24, 2.45) is 5.16 Å². The fraction of sp³-hybridized carbons (Fsp3) is 0.179. The molecule has 4 heteroatoms. The summed E-state index contributed by atoms with van der Waals surface area (Å²) in [6, 6.07) is 25.2. The van der Waals surface area contributed by atoms with Gasteiger partial charge in [-0.3, -0.25) is 0 Å². The number of oxime groups is 1. The van der Waals surface area contributed by atoms with E-state index in [1.165, 1.54) is 23.3 Å². The highest BCUT2D eigenvalue weighted by Crippen LogP contribution is 2.30. The molecule has 1 heterocycles. The Morgan fingerprint density at radius 3 is 2.38 bits per heavy atom. The van der Waals surface area contributed by atoms with Crippen molar-refractivity contribution in [2.45, 2.75) is 34.3 Å². The summed E-state index contributed by atoms with van der Waals surface area (Å²) < 4.78 is 15.7. The van der Waals surface area contributed by atoms with Gasteiger partial charge >= 0.3 is 0 Å². The predicted molar refractivity (Wildman–Crippen MR) is 129 cm³/mol. The summed E-state index contributed by atoms with van der Waals surface area (Å²) in [7, 11) is 0. The average Bonchev–Trinajstić information content (AvgIpc) is 3.12. The van der Waals surface area contributed by atoms with Crippen molar-refractivity contribution in [3.63, 3.8) is 0 Å². The van der Waals surface area contributed by atoms with Crippen LogP contribution >= 0.6 is 0 Å². The topological polar surface area (TPSA) is 26.5 Å². The normalized spacial score (nSPS) is 11.6. The molecule has 0 atom stereocenters. The van der Waals surface area contributed by atoms with Gasteiger partial charge in [0, 0.05) is 16.9 Å². The lowest BCUT2D eigenvalue weighted by Gasteiger charge is -2.13. The molecule has 3 aromatic carbocycles. The molecule has 0 fully saturated rings. The maximum atomic E-state index is 13.6. The Morgan fingerprint density at radius 1 is 0.906 bits per heavy atom. The van der Waals surface area contributed by atoms with Crippen LogP contribution in [0.5, 0.6) is 0 Å². The number of rotatable bonds is 6. The molecule has 0 N–H and O–H groups in total. The smallest absolute Gasteiger partial charge is 0.142 e. The van der Waals surface area contributed by atoms with E-state index in [4.69, 9.17) is 4.84 Å². The second kappa shape index (κ2) is 9.23. The first-order valence-corrected chi connectivity index (χ1v) is 10.7. The second-order valence-electron chi connectivity index (χ2n) is 8.09. The zero-order valence-corrected chi connectivity index (χ0v) is 18.9. The average molecular weight is 427 g/mol. The zero-order valence-electron chi connectivity index (χ0n) is 18.9. The van der Waals surface area contributed by atoms with Gasteiger partial charge in [-0.15, -0.1) is 0 Å². The molecule has 32 heavy (non-hydrogen) atoms. The summed E-state index contributed by atoms with van der Waals surface area (Å²) in [5.74, 6) is -0.248. The second-order valence-corrected chi connectivity index (χ2v) is 8.09. The SMILES string of the molecule is CC(=NOCc1ccccc1C)c1cc(-c2ccc(F)cc2)n(-c2cccc(C)c2)c1C. The van der Waals surface area contributed by atoms with Gasteiger partial charge in [0.05, 0.1) is 11.4 Å². The molecule has 0 bridgehead atoms. The monoisotopic (exact) mass is 426 g/mol. The van der Waals surface area contributed by atoms with Gasteiger partial charge in [0.15, 0.2) is 0 Å². The van der Waals surface area contributed by atoms with Crippen LogP contribution in [-0.2, 0) is 11.4 Å². The molecule has 0 saturated carbocycles. The fourth-order valence-corrected chi connectivity index (χ4v) is 3.93. The van der Waals surface area contributed by atoms with E-state index in [2.05, 4.69) is 60.8 Å². The number of benzene rings is 3. The molecule has 0 aliphatic rings. The number of hydrogen-bond acceptors (Lipinski definition) is 2. The molecule has 0 radical (unpaired) electrons. The summed E-state index contributed by atoms with van der Waals surface area (Å²) in [5, 5.41) is 4.41. The van der Waals surface area contributed by atoms with Crippen molar-refractivity contribution >= 4 is 5.71 Å². The third-order valence-corrected chi connectivity index (χ3v) is 5.72. The summed E-state index contributed by atoms with van der Waals surface area (Å²) in [6.07, 6.45) is 0. The minimum Gasteiger partial charge on any atom is -0.391 e. The lowest BCUT2D eigenvalue weighted by Crippen LogP contribution is -2.03. The minimum atomic E-state index is -0.248. The van der Waals surface area contributed by atoms with E-state index in [1.54, 1.807) is 12.1 Å². The molecular formula is C28H27FN2O. The Labute approximate surface area is 188 Å². The Hall–Kier alpha value is -3.66. The van der Waals surface area contributed by atoms with E-state index in [9.17, 15) is 4.39 Å². The number of aryl methyl sites for hydroxylation is 2. The van der Waals surface area contributed by atoms with Crippen LogP contribution < -0.4 is 0 Å². The van der Waals surface area contributed by atoms with Crippen LogP contribution in [0.15, 0.2) is 84.0 Å². The Bertz CT molecular complexity index is 1270. The highest BCUT2D eigenvalue weighted by Gasteiger charge is 2.17. The zero-order chi connectivity index (χ0) is 22.7. The molecule has 1 aromatic heterocycles. The maximum Gasteiger partial charge on any atom is 0.142 e. The van der Waals surface area contributed by atoms with Crippen LogP contribution in [0.3, 0.4) is 0 Å². The Balaban J connectivity index is 1.73.